The number of imidazole rings is 1. The van der Waals surface area contributed by atoms with Crippen molar-refractivity contribution in [1.29, 1.82) is 0 Å². The maximum atomic E-state index is 10.8. The van der Waals surface area contributed by atoms with Crippen molar-refractivity contribution in [3.05, 3.63) is 58.2 Å². The lowest BCUT2D eigenvalue weighted by Crippen LogP contribution is -2.24. The van der Waals surface area contributed by atoms with Gasteiger partial charge in [0.1, 0.15) is 5.82 Å². The maximum Gasteiger partial charge on any atom is 0.269 e. The van der Waals surface area contributed by atoms with Crippen LogP contribution >= 0.6 is 0 Å². The highest BCUT2D eigenvalue weighted by molar-refractivity contribution is 5.34. The first-order valence-corrected chi connectivity index (χ1v) is 6.53. The molecule has 20 heavy (non-hydrogen) atoms. The molecule has 0 aliphatic rings. The average Bonchev–Trinajstić information content (AvgIpc) is 2.84. The van der Waals surface area contributed by atoms with Crippen LogP contribution in [0.2, 0.25) is 0 Å². The Kier molecular flexibility index (Phi) is 4.47. The maximum absolute atomic E-state index is 10.8. The molecule has 0 saturated carbocycles. The van der Waals surface area contributed by atoms with Crippen LogP contribution in [-0.4, -0.2) is 20.5 Å². The predicted octanol–water partition coefficient (Wildman–Crippen LogP) is 2.34. The van der Waals surface area contributed by atoms with Crippen molar-refractivity contribution in [2.75, 3.05) is 0 Å². The lowest BCUT2D eigenvalue weighted by Gasteiger charge is -2.10. The lowest BCUT2D eigenvalue weighted by atomic mass is 10.2. The first-order valence-electron chi connectivity index (χ1n) is 6.53. The van der Waals surface area contributed by atoms with Gasteiger partial charge < -0.3 is 9.88 Å². The molecule has 0 bridgehead atoms. The molecule has 0 spiro atoms. The highest BCUT2D eigenvalue weighted by atomic mass is 16.6. The Labute approximate surface area is 117 Å². The van der Waals surface area contributed by atoms with E-state index in [2.05, 4.69) is 24.1 Å². The number of hydrogen-bond donors (Lipinski definition) is 1. The summed E-state index contributed by atoms with van der Waals surface area (Å²) in [7, 11) is 0. The second-order valence-electron chi connectivity index (χ2n) is 4.93. The Morgan fingerprint density at radius 3 is 2.95 bits per heavy atom. The fourth-order valence-electron chi connectivity index (χ4n) is 1.91. The van der Waals surface area contributed by atoms with Crippen LogP contribution in [0.25, 0.3) is 0 Å². The van der Waals surface area contributed by atoms with Gasteiger partial charge in [-0.15, -0.1) is 0 Å². The molecule has 6 heteroatoms. The molecule has 0 unspecified atom stereocenters. The number of nitrogens with zero attached hydrogens (tertiary/aromatic N) is 3. The first-order chi connectivity index (χ1) is 9.56. The summed E-state index contributed by atoms with van der Waals surface area (Å²) in [5.74, 6) is 0.921. The van der Waals surface area contributed by atoms with Gasteiger partial charge in [-0.05, 0) is 5.56 Å². The molecule has 2 rings (SSSR count). The van der Waals surface area contributed by atoms with E-state index in [0.717, 1.165) is 11.4 Å². The third kappa shape index (κ3) is 3.64. The zero-order valence-corrected chi connectivity index (χ0v) is 11.6. The van der Waals surface area contributed by atoms with Crippen molar-refractivity contribution in [3.63, 3.8) is 0 Å². The van der Waals surface area contributed by atoms with Gasteiger partial charge in [0.2, 0.25) is 0 Å². The molecular formula is C14H18N4O2. The van der Waals surface area contributed by atoms with Crippen LogP contribution in [0, 0.1) is 10.1 Å². The minimum Gasteiger partial charge on any atom is -0.329 e. The number of nitro groups is 1. The average molecular weight is 274 g/mol. The standard InChI is InChI=1S/C14H18N4O2/c1-11(2)16-9-14-15-6-7-17(14)10-12-4-3-5-13(8-12)18(19)20/h3-8,11,16H,9-10H2,1-2H3. The van der Waals surface area contributed by atoms with Crippen molar-refractivity contribution >= 4 is 5.69 Å². The van der Waals surface area contributed by atoms with Gasteiger partial charge in [-0.2, -0.15) is 0 Å². The third-order valence-electron chi connectivity index (χ3n) is 2.94. The number of hydrogen-bond acceptors (Lipinski definition) is 4. The summed E-state index contributed by atoms with van der Waals surface area (Å²) in [4.78, 5) is 14.7. The normalized spacial score (nSPS) is 10.9. The van der Waals surface area contributed by atoms with Gasteiger partial charge in [-0.25, -0.2) is 4.98 Å². The SMILES string of the molecule is CC(C)NCc1nccn1Cc1cccc([N+](=O)[O-])c1. The van der Waals surface area contributed by atoms with E-state index in [4.69, 9.17) is 0 Å². The Bertz CT molecular complexity index is 592. The highest BCUT2D eigenvalue weighted by Gasteiger charge is 2.08. The molecule has 1 aromatic heterocycles. The van der Waals surface area contributed by atoms with Crippen molar-refractivity contribution in [2.24, 2.45) is 0 Å². The molecule has 0 fully saturated rings. The molecule has 0 amide bonds. The molecule has 0 aliphatic heterocycles. The monoisotopic (exact) mass is 274 g/mol. The van der Waals surface area contributed by atoms with Gasteiger partial charge in [0.15, 0.2) is 0 Å². The number of aromatic nitrogens is 2. The van der Waals surface area contributed by atoms with Gasteiger partial charge >= 0.3 is 0 Å². The quantitative estimate of drug-likeness (QED) is 0.648. The third-order valence-corrected chi connectivity index (χ3v) is 2.94. The van der Waals surface area contributed by atoms with Crippen LogP contribution in [0.3, 0.4) is 0 Å². The number of benzene rings is 1. The highest BCUT2D eigenvalue weighted by Crippen LogP contribution is 2.14. The van der Waals surface area contributed by atoms with E-state index in [0.29, 0.717) is 19.1 Å². The lowest BCUT2D eigenvalue weighted by molar-refractivity contribution is -0.384. The van der Waals surface area contributed by atoms with Crippen molar-refractivity contribution in [3.8, 4) is 0 Å². The summed E-state index contributed by atoms with van der Waals surface area (Å²) >= 11 is 0. The Morgan fingerprint density at radius 1 is 1.45 bits per heavy atom. The molecule has 6 nitrogen and oxygen atoms in total. The molecular weight excluding hydrogens is 256 g/mol. The minimum absolute atomic E-state index is 0.115. The van der Waals surface area contributed by atoms with Crippen LogP contribution in [0.4, 0.5) is 5.69 Å². The number of non-ortho nitro benzene ring substituents is 1. The van der Waals surface area contributed by atoms with E-state index in [9.17, 15) is 10.1 Å². The Hall–Kier alpha value is -2.21. The van der Waals surface area contributed by atoms with Crippen molar-refractivity contribution < 1.29 is 4.92 Å². The zero-order chi connectivity index (χ0) is 14.5. The first kappa shape index (κ1) is 14.2. The fourth-order valence-corrected chi connectivity index (χ4v) is 1.91. The second-order valence-corrected chi connectivity index (χ2v) is 4.93. The van der Waals surface area contributed by atoms with Crippen LogP contribution in [0.15, 0.2) is 36.7 Å². The van der Waals surface area contributed by atoms with Gasteiger partial charge in [0.05, 0.1) is 11.5 Å². The van der Waals surface area contributed by atoms with Crippen molar-refractivity contribution in [1.82, 2.24) is 14.9 Å². The summed E-state index contributed by atoms with van der Waals surface area (Å²) in [6.07, 6.45) is 3.63. The Morgan fingerprint density at radius 2 is 2.25 bits per heavy atom. The van der Waals surface area contributed by atoms with E-state index in [1.807, 2.05) is 16.8 Å². The van der Waals surface area contributed by atoms with E-state index in [1.54, 1.807) is 18.3 Å². The molecule has 1 aromatic carbocycles. The molecule has 106 valence electrons. The largest absolute Gasteiger partial charge is 0.329 e. The Balaban J connectivity index is 2.12. The summed E-state index contributed by atoms with van der Waals surface area (Å²) in [5, 5.41) is 14.1. The summed E-state index contributed by atoms with van der Waals surface area (Å²) in [5.41, 5.74) is 1.01. The van der Waals surface area contributed by atoms with E-state index < -0.39 is 0 Å². The number of nitrogens with one attached hydrogen (secondary N) is 1. The summed E-state index contributed by atoms with van der Waals surface area (Å²) in [6.45, 7) is 5.41. The molecule has 0 atom stereocenters. The van der Waals surface area contributed by atoms with Gasteiger partial charge in [0, 0.05) is 37.1 Å². The fraction of sp³-hybridized carbons (Fsp3) is 0.357. The van der Waals surface area contributed by atoms with Crippen LogP contribution in [0.5, 0.6) is 0 Å². The van der Waals surface area contributed by atoms with E-state index in [1.165, 1.54) is 6.07 Å². The molecule has 0 aliphatic carbocycles. The molecule has 0 saturated heterocycles. The summed E-state index contributed by atoms with van der Waals surface area (Å²) in [6, 6.07) is 7.07. The molecule has 1 heterocycles. The molecule has 0 radical (unpaired) electrons. The van der Waals surface area contributed by atoms with Crippen molar-refractivity contribution in [2.45, 2.75) is 33.0 Å². The molecule has 1 N–H and O–H groups in total. The molecule has 2 aromatic rings. The van der Waals surface area contributed by atoms with Crippen LogP contribution in [-0.2, 0) is 13.1 Å². The zero-order valence-electron chi connectivity index (χ0n) is 11.6. The van der Waals surface area contributed by atoms with Gasteiger partial charge in [-0.1, -0.05) is 26.0 Å². The van der Waals surface area contributed by atoms with Crippen LogP contribution < -0.4 is 5.32 Å². The number of nitro benzene ring substituents is 1. The second kappa shape index (κ2) is 6.29. The van der Waals surface area contributed by atoms with E-state index >= 15 is 0 Å². The van der Waals surface area contributed by atoms with Crippen LogP contribution in [0.1, 0.15) is 25.2 Å². The van der Waals surface area contributed by atoms with Gasteiger partial charge in [-0.3, -0.25) is 10.1 Å². The minimum atomic E-state index is -0.376. The topological polar surface area (TPSA) is 73.0 Å². The number of rotatable bonds is 6. The predicted molar refractivity (Wildman–Crippen MR) is 76.4 cm³/mol. The van der Waals surface area contributed by atoms with E-state index in [-0.39, 0.29) is 10.6 Å². The smallest absolute Gasteiger partial charge is 0.269 e. The summed E-state index contributed by atoms with van der Waals surface area (Å²) < 4.78 is 1.99. The van der Waals surface area contributed by atoms with Gasteiger partial charge in [0.25, 0.3) is 5.69 Å².